The molecular weight excluding hydrogens is 312 g/mol. The fraction of sp³-hybridized carbons (Fsp3) is 0.238. The van der Waals surface area contributed by atoms with Crippen molar-refractivity contribution >= 4 is 11.6 Å². The predicted octanol–water partition coefficient (Wildman–Crippen LogP) is 3.95. The van der Waals surface area contributed by atoms with Crippen LogP contribution in [0.2, 0.25) is 0 Å². The Balaban J connectivity index is 1.31. The fourth-order valence-electron chi connectivity index (χ4n) is 3.28. The molecule has 2 atom stereocenters. The molecule has 4 nitrogen and oxygen atoms in total. The van der Waals surface area contributed by atoms with Crippen LogP contribution in [0.1, 0.15) is 28.8 Å². The van der Waals surface area contributed by atoms with E-state index in [0.29, 0.717) is 24.0 Å². The van der Waals surface area contributed by atoms with Gasteiger partial charge in [-0.25, -0.2) is 5.43 Å². The Bertz CT molecular complexity index is 810. The molecule has 1 amide bonds. The SMILES string of the molecule is O=C(N/N=C1/CC2CC=CC12)c1ccc(COc2ccccc2)cc1. The summed E-state index contributed by atoms with van der Waals surface area (Å²) in [7, 11) is 0. The highest BCUT2D eigenvalue weighted by molar-refractivity contribution is 5.98. The first kappa shape index (κ1) is 15.6. The average Bonchev–Trinajstić information content (AvgIpc) is 3.02. The maximum absolute atomic E-state index is 12.2. The van der Waals surface area contributed by atoms with Gasteiger partial charge in [-0.15, -0.1) is 0 Å². The van der Waals surface area contributed by atoms with E-state index in [1.165, 1.54) is 0 Å². The van der Waals surface area contributed by atoms with Crippen LogP contribution in [0.25, 0.3) is 0 Å². The van der Waals surface area contributed by atoms with Gasteiger partial charge in [-0.2, -0.15) is 5.10 Å². The predicted molar refractivity (Wildman–Crippen MR) is 97.5 cm³/mol. The maximum atomic E-state index is 12.2. The van der Waals surface area contributed by atoms with Crippen molar-refractivity contribution in [2.24, 2.45) is 16.9 Å². The number of benzene rings is 2. The first-order valence-electron chi connectivity index (χ1n) is 8.60. The van der Waals surface area contributed by atoms with E-state index in [2.05, 4.69) is 22.7 Å². The van der Waals surface area contributed by atoms with E-state index in [1.807, 2.05) is 42.5 Å². The van der Waals surface area contributed by atoms with Crippen LogP contribution in [-0.4, -0.2) is 11.6 Å². The first-order chi connectivity index (χ1) is 12.3. The van der Waals surface area contributed by atoms with Crippen molar-refractivity contribution in [3.05, 3.63) is 77.9 Å². The molecule has 1 N–H and O–H groups in total. The molecule has 1 saturated carbocycles. The van der Waals surface area contributed by atoms with Gasteiger partial charge in [0.25, 0.3) is 5.91 Å². The van der Waals surface area contributed by atoms with E-state index < -0.39 is 0 Å². The highest BCUT2D eigenvalue weighted by Crippen LogP contribution is 2.40. The van der Waals surface area contributed by atoms with Crippen LogP contribution < -0.4 is 10.2 Å². The number of carbonyl (C=O) groups excluding carboxylic acids is 1. The van der Waals surface area contributed by atoms with E-state index >= 15 is 0 Å². The van der Waals surface area contributed by atoms with E-state index in [4.69, 9.17) is 4.74 Å². The fourth-order valence-corrected chi connectivity index (χ4v) is 3.28. The van der Waals surface area contributed by atoms with Crippen molar-refractivity contribution in [1.82, 2.24) is 5.43 Å². The zero-order chi connectivity index (χ0) is 17.1. The lowest BCUT2D eigenvalue weighted by atomic mass is 9.74. The summed E-state index contributed by atoms with van der Waals surface area (Å²) in [5.41, 5.74) is 5.38. The number of rotatable bonds is 5. The highest BCUT2D eigenvalue weighted by Gasteiger charge is 2.37. The summed E-state index contributed by atoms with van der Waals surface area (Å²) in [5.74, 6) is 1.81. The Labute approximate surface area is 147 Å². The second kappa shape index (κ2) is 6.93. The zero-order valence-electron chi connectivity index (χ0n) is 13.9. The number of hydrogen-bond acceptors (Lipinski definition) is 3. The van der Waals surface area contributed by atoms with Crippen molar-refractivity contribution < 1.29 is 9.53 Å². The molecule has 4 heteroatoms. The summed E-state index contributed by atoms with van der Waals surface area (Å²) in [6.07, 6.45) is 6.54. The minimum absolute atomic E-state index is 0.173. The molecule has 2 unspecified atom stereocenters. The Morgan fingerprint density at radius 2 is 1.92 bits per heavy atom. The van der Waals surface area contributed by atoms with Gasteiger partial charge in [-0.3, -0.25) is 4.79 Å². The largest absolute Gasteiger partial charge is 0.489 e. The average molecular weight is 332 g/mol. The Hall–Kier alpha value is -2.88. The summed E-state index contributed by atoms with van der Waals surface area (Å²) in [5, 5.41) is 4.29. The number of allylic oxidation sites excluding steroid dienone is 2. The summed E-state index contributed by atoms with van der Waals surface area (Å²) < 4.78 is 5.70. The molecule has 0 aromatic heterocycles. The minimum Gasteiger partial charge on any atom is -0.489 e. The monoisotopic (exact) mass is 332 g/mol. The second-order valence-electron chi connectivity index (χ2n) is 6.50. The molecule has 2 aliphatic carbocycles. The molecule has 0 bridgehead atoms. The molecule has 1 fully saturated rings. The molecule has 0 heterocycles. The van der Waals surface area contributed by atoms with Crippen LogP contribution in [0, 0.1) is 11.8 Å². The lowest BCUT2D eigenvalue weighted by molar-refractivity contribution is 0.0954. The number of para-hydroxylation sites is 1. The normalized spacial score (nSPS) is 22.3. The van der Waals surface area contributed by atoms with E-state index in [1.54, 1.807) is 12.1 Å². The van der Waals surface area contributed by atoms with Gasteiger partial charge in [0, 0.05) is 17.2 Å². The molecule has 126 valence electrons. The van der Waals surface area contributed by atoms with E-state index in [9.17, 15) is 4.79 Å². The summed E-state index contributed by atoms with van der Waals surface area (Å²) in [6, 6.07) is 17.1. The third-order valence-electron chi connectivity index (χ3n) is 4.81. The lowest BCUT2D eigenvalue weighted by Crippen LogP contribution is -2.35. The molecule has 0 aliphatic heterocycles. The molecule has 2 aromatic carbocycles. The second-order valence-corrected chi connectivity index (χ2v) is 6.50. The van der Waals surface area contributed by atoms with E-state index in [-0.39, 0.29) is 5.91 Å². The smallest absolute Gasteiger partial charge is 0.271 e. The standard InChI is InChI=1S/C21H20N2O2/c24-21(23-22-20-13-17-5-4-8-19(17)20)16-11-9-15(10-12-16)14-25-18-6-2-1-3-7-18/h1-4,6-12,17,19H,5,13-14H2,(H,23,24)/b22-20-. The van der Waals surface area contributed by atoms with Crippen LogP contribution in [0.3, 0.4) is 0 Å². The highest BCUT2D eigenvalue weighted by atomic mass is 16.5. The number of nitrogens with one attached hydrogen (secondary N) is 1. The summed E-state index contributed by atoms with van der Waals surface area (Å²) in [6.45, 7) is 0.476. The van der Waals surface area contributed by atoms with Gasteiger partial charge in [-0.05, 0) is 48.6 Å². The van der Waals surface area contributed by atoms with Gasteiger partial charge in [0.05, 0.1) is 0 Å². The van der Waals surface area contributed by atoms with Crippen molar-refractivity contribution in [3.63, 3.8) is 0 Å². The van der Waals surface area contributed by atoms with Gasteiger partial charge in [0.15, 0.2) is 0 Å². The molecular formula is C21H20N2O2. The van der Waals surface area contributed by atoms with E-state index in [0.717, 1.165) is 29.9 Å². The number of hydrogen-bond donors (Lipinski definition) is 1. The van der Waals surface area contributed by atoms with Gasteiger partial charge in [-0.1, -0.05) is 42.5 Å². The topological polar surface area (TPSA) is 50.7 Å². The van der Waals surface area contributed by atoms with Crippen LogP contribution in [0.15, 0.2) is 71.9 Å². The Kier molecular flexibility index (Phi) is 4.34. The molecule has 0 radical (unpaired) electrons. The molecule has 25 heavy (non-hydrogen) atoms. The number of nitrogens with zero attached hydrogens (tertiary/aromatic N) is 1. The molecule has 0 spiro atoms. The summed E-state index contributed by atoms with van der Waals surface area (Å²) in [4.78, 5) is 12.2. The maximum Gasteiger partial charge on any atom is 0.271 e. The quantitative estimate of drug-likeness (QED) is 0.666. The van der Waals surface area contributed by atoms with Gasteiger partial charge in [0.2, 0.25) is 0 Å². The molecule has 2 aromatic rings. The Morgan fingerprint density at radius 1 is 1.12 bits per heavy atom. The van der Waals surface area contributed by atoms with Crippen LogP contribution >= 0.6 is 0 Å². The number of carbonyl (C=O) groups is 1. The van der Waals surface area contributed by atoms with Crippen molar-refractivity contribution in [3.8, 4) is 5.75 Å². The van der Waals surface area contributed by atoms with Crippen molar-refractivity contribution in [1.29, 1.82) is 0 Å². The zero-order valence-corrected chi connectivity index (χ0v) is 13.9. The lowest BCUT2D eigenvalue weighted by Gasteiger charge is -2.31. The van der Waals surface area contributed by atoms with Gasteiger partial charge >= 0.3 is 0 Å². The number of fused-ring (bicyclic) bond motifs is 1. The number of amides is 1. The third kappa shape index (κ3) is 3.48. The van der Waals surface area contributed by atoms with Crippen LogP contribution in [0.5, 0.6) is 5.75 Å². The van der Waals surface area contributed by atoms with Crippen LogP contribution in [-0.2, 0) is 6.61 Å². The van der Waals surface area contributed by atoms with Crippen LogP contribution in [0.4, 0.5) is 0 Å². The van der Waals surface area contributed by atoms with Crippen molar-refractivity contribution in [2.45, 2.75) is 19.4 Å². The summed E-state index contributed by atoms with van der Waals surface area (Å²) >= 11 is 0. The van der Waals surface area contributed by atoms with Gasteiger partial charge < -0.3 is 4.74 Å². The van der Waals surface area contributed by atoms with Crippen molar-refractivity contribution in [2.75, 3.05) is 0 Å². The molecule has 2 aliphatic rings. The Morgan fingerprint density at radius 3 is 2.68 bits per heavy atom. The molecule has 0 saturated heterocycles. The minimum atomic E-state index is -0.173. The number of hydrazone groups is 1. The first-order valence-corrected chi connectivity index (χ1v) is 8.60. The molecule has 4 rings (SSSR count). The third-order valence-corrected chi connectivity index (χ3v) is 4.81. The van der Waals surface area contributed by atoms with Gasteiger partial charge in [0.1, 0.15) is 12.4 Å². The number of ether oxygens (including phenoxy) is 1.